The molecule has 5 N–H and O–H groups in total. The summed E-state index contributed by atoms with van der Waals surface area (Å²) in [5.41, 5.74) is 11.4. The topological polar surface area (TPSA) is 94.0 Å². The monoisotopic (exact) mass is 208 g/mol. The maximum absolute atomic E-state index is 11.1. The molecular formula is C10H16N4O. The van der Waals surface area contributed by atoms with E-state index in [4.69, 9.17) is 11.5 Å². The predicted octanol–water partition coefficient (Wildman–Crippen LogP) is 0.648. The fraction of sp³-hybridized carbons (Fsp3) is 0.400. The molecule has 0 aliphatic rings. The van der Waals surface area contributed by atoms with Gasteiger partial charge in [0, 0.05) is 0 Å². The number of nitrogens with one attached hydrogen (secondary N) is 1. The van der Waals surface area contributed by atoms with Crippen LogP contribution in [0.3, 0.4) is 0 Å². The van der Waals surface area contributed by atoms with E-state index < -0.39 is 11.4 Å². The second kappa shape index (κ2) is 3.76. The number of nitrogen functional groups attached to an aromatic ring is 1. The van der Waals surface area contributed by atoms with E-state index in [1.54, 1.807) is 32.9 Å². The van der Waals surface area contributed by atoms with Crippen molar-refractivity contribution in [2.24, 2.45) is 5.73 Å². The lowest BCUT2D eigenvalue weighted by Gasteiger charge is -2.23. The van der Waals surface area contributed by atoms with Gasteiger partial charge in [0.15, 0.2) is 0 Å². The number of pyridine rings is 1. The molecule has 0 aliphatic heterocycles. The number of aryl methyl sites for hydroxylation is 1. The molecule has 0 unspecified atom stereocenters. The largest absolute Gasteiger partial charge is 0.397 e. The molecule has 0 aromatic carbocycles. The van der Waals surface area contributed by atoms with Crippen LogP contribution in [0, 0.1) is 6.92 Å². The average Bonchev–Trinajstić information content (AvgIpc) is 2.10. The quantitative estimate of drug-likeness (QED) is 0.679. The Hall–Kier alpha value is -1.78. The number of primary amides is 1. The Bertz CT molecular complexity index is 387. The molecule has 0 saturated carbocycles. The van der Waals surface area contributed by atoms with Gasteiger partial charge in [0.1, 0.15) is 11.4 Å². The molecule has 5 heteroatoms. The Labute approximate surface area is 88.9 Å². The predicted molar refractivity (Wildman–Crippen MR) is 60.3 cm³/mol. The number of hydrogen-bond acceptors (Lipinski definition) is 4. The van der Waals surface area contributed by atoms with Crippen LogP contribution in [0.1, 0.15) is 19.5 Å². The van der Waals surface area contributed by atoms with Crippen LogP contribution in [0.15, 0.2) is 12.1 Å². The third-order valence-electron chi connectivity index (χ3n) is 2.18. The summed E-state index contributed by atoms with van der Waals surface area (Å²) < 4.78 is 0. The lowest BCUT2D eigenvalue weighted by molar-refractivity contribution is -0.121. The summed E-state index contributed by atoms with van der Waals surface area (Å²) in [6.45, 7) is 5.20. The second-order valence-corrected chi connectivity index (χ2v) is 3.99. The molecular weight excluding hydrogens is 192 g/mol. The van der Waals surface area contributed by atoms with Crippen LogP contribution in [0.4, 0.5) is 11.5 Å². The number of carbonyl (C=O) groups excluding carboxylic acids is 1. The number of nitrogens with two attached hydrogens (primary N) is 2. The summed E-state index contributed by atoms with van der Waals surface area (Å²) in [6.07, 6.45) is 0. The number of nitrogens with zero attached hydrogens (tertiary/aromatic N) is 1. The first-order chi connectivity index (χ1) is 6.83. The highest BCUT2D eigenvalue weighted by molar-refractivity contribution is 5.86. The van der Waals surface area contributed by atoms with Gasteiger partial charge in [0.25, 0.3) is 0 Å². The van der Waals surface area contributed by atoms with Crippen molar-refractivity contribution in [2.75, 3.05) is 11.1 Å². The number of anilines is 2. The van der Waals surface area contributed by atoms with Crippen molar-refractivity contribution in [2.45, 2.75) is 26.3 Å². The van der Waals surface area contributed by atoms with Gasteiger partial charge in [-0.05, 0) is 32.9 Å². The van der Waals surface area contributed by atoms with Crippen molar-refractivity contribution in [3.8, 4) is 0 Å². The first-order valence-electron chi connectivity index (χ1n) is 4.64. The average molecular weight is 208 g/mol. The fourth-order valence-electron chi connectivity index (χ4n) is 1.02. The summed E-state index contributed by atoms with van der Waals surface area (Å²) in [4.78, 5) is 15.3. The van der Waals surface area contributed by atoms with Crippen LogP contribution in [0.25, 0.3) is 0 Å². The molecule has 0 aliphatic carbocycles. The Morgan fingerprint density at radius 2 is 2.07 bits per heavy atom. The molecule has 0 fully saturated rings. The second-order valence-electron chi connectivity index (χ2n) is 3.99. The van der Waals surface area contributed by atoms with Gasteiger partial charge in [-0.15, -0.1) is 0 Å². The normalized spacial score (nSPS) is 11.1. The van der Waals surface area contributed by atoms with E-state index in [0.717, 1.165) is 5.69 Å². The lowest BCUT2D eigenvalue weighted by Crippen LogP contribution is -2.45. The smallest absolute Gasteiger partial charge is 0.242 e. The van der Waals surface area contributed by atoms with Crippen molar-refractivity contribution in [3.05, 3.63) is 17.8 Å². The van der Waals surface area contributed by atoms with E-state index in [0.29, 0.717) is 11.5 Å². The van der Waals surface area contributed by atoms with Gasteiger partial charge in [-0.3, -0.25) is 4.79 Å². The van der Waals surface area contributed by atoms with Crippen LogP contribution in [0.2, 0.25) is 0 Å². The van der Waals surface area contributed by atoms with Crippen LogP contribution in [-0.2, 0) is 4.79 Å². The van der Waals surface area contributed by atoms with Crippen LogP contribution >= 0.6 is 0 Å². The number of carbonyl (C=O) groups is 1. The highest BCUT2D eigenvalue weighted by atomic mass is 16.1. The Morgan fingerprint density at radius 3 is 2.53 bits per heavy atom. The van der Waals surface area contributed by atoms with Gasteiger partial charge in [0.05, 0.1) is 11.4 Å². The minimum atomic E-state index is -0.824. The lowest BCUT2D eigenvalue weighted by atomic mass is 10.1. The minimum absolute atomic E-state index is 0.432. The van der Waals surface area contributed by atoms with E-state index in [-0.39, 0.29) is 0 Å². The van der Waals surface area contributed by atoms with Crippen molar-refractivity contribution in [1.29, 1.82) is 0 Å². The Morgan fingerprint density at radius 1 is 1.47 bits per heavy atom. The van der Waals surface area contributed by atoms with Gasteiger partial charge in [-0.25, -0.2) is 4.98 Å². The molecule has 0 spiro atoms. The van der Waals surface area contributed by atoms with E-state index in [1.165, 1.54) is 0 Å². The van der Waals surface area contributed by atoms with Crippen molar-refractivity contribution < 1.29 is 4.79 Å². The van der Waals surface area contributed by atoms with Crippen LogP contribution in [0.5, 0.6) is 0 Å². The van der Waals surface area contributed by atoms with Gasteiger partial charge >= 0.3 is 0 Å². The zero-order valence-electron chi connectivity index (χ0n) is 9.16. The Kier molecular flexibility index (Phi) is 2.83. The minimum Gasteiger partial charge on any atom is -0.397 e. The molecule has 82 valence electrons. The van der Waals surface area contributed by atoms with Gasteiger partial charge in [-0.2, -0.15) is 0 Å². The summed E-state index contributed by atoms with van der Waals surface area (Å²) >= 11 is 0. The van der Waals surface area contributed by atoms with E-state index in [1.807, 2.05) is 0 Å². The maximum Gasteiger partial charge on any atom is 0.242 e. The number of amides is 1. The highest BCUT2D eigenvalue weighted by Crippen LogP contribution is 2.16. The van der Waals surface area contributed by atoms with Crippen LogP contribution < -0.4 is 16.8 Å². The maximum atomic E-state index is 11.1. The van der Waals surface area contributed by atoms with E-state index in [9.17, 15) is 4.79 Å². The third-order valence-corrected chi connectivity index (χ3v) is 2.18. The summed E-state index contributed by atoms with van der Waals surface area (Å²) in [7, 11) is 0. The molecule has 0 bridgehead atoms. The SMILES string of the molecule is Cc1nc(NC(C)(C)C(N)=O)ccc1N. The van der Waals surface area contributed by atoms with E-state index >= 15 is 0 Å². The molecule has 1 aromatic heterocycles. The number of rotatable bonds is 3. The summed E-state index contributed by atoms with van der Waals surface area (Å²) in [5.74, 6) is 0.157. The molecule has 1 amide bonds. The molecule has 0 saturated heterocycles. The zero-order valence-corrected chi connectivity index (χ0v) is 9.16. The number of hydrogen-bond donors (Lipinski definition) is 3. The Balaban J connectivity index is 2.91. The molecule has 5 nitrogen and oxygen atoms in total. The number of aromatic nitrogens is 1. The summed E-state index contributed by atoms with van der Waals surface area (Å²) in [5, 5.41) is 2.94. The zero-order chi connectivity index (χ0) is 11.6. The standard InChI is InChI=1S/C10H16N4O/c1-6-7(11)4-5-8(13-6)14-10(2,3)9(12)15/h4-5H,11H2,1-3H3,(H2,12,15)(H,13,14). The molecule has 1 aromatic rings. The summed E-state index contributed by atoms with van der Waals surface area (Å²) in [6, 6.07) is 3.45. The molecule has 1 rings (SSSR count). The van der Waals surface area contributed by atoms with Gasteiger partial charge in [-0.1, -0.05) is 0 Å². The molecule has 0 radical (unpaired) electrons. The molecule has 1 heterocycles. The van der Waals surface area contributed by atoms with E-state index in [2.05, 4.69) is 10.3 Å². The fourth-order valence-corrected chi connectivity index (χ4v) is 1.02. The van der Waals surface area contributed by atoms with Gasteiger partial charge in [0.2, 0.25) is 5.91 Å². The van der Waals surface area contributed by atoms with Crippen molar-refractivity contribution in [3.63, 3.8) is 0 Å². The van der Waals surface area contributed by atoms with Crippen molar-refractivity contribution in [1.82, 2.24) is 4.98 Å². The van der Waals surface area contributed by atoms with Crippen molar-refractivity contribution >= 4 is 17.4 Å². The molecule has 15 heavy (non-hydrogen) atoms. The highest BCUT2D eigenvalue weighted by Gasteiger charge is 2.24. The molecule has 0 atom stereocenters. The van der Waals surface area contributed by atoms with Crippen LogP contribution in [-0.4, -0.2) is 16.4 Å². The third kappa shape index (κ3) is 2.59. The van der Waals surface area contributed by atoms with Gasteiger partial charge < -0.3 is 16.8 Å². The first-order valence-corrected chi connectivity index (χ1v) is 4.64. The first kappa shape index (κ1) is 11.3.